The van der Waals surface area contributed by atoms with Crippen LogP contribution in [0.15, 0.2) is 0 Å². The Morgan fingerprint density at radius 2 is 2.07 bits per heavy atom. The molecule has 1 fully saturated rings. The minimum atomic E-state index is -0.563. The molecule has 0 amide bonds. The van der Waals surface area contributed by atoms with Crippen LogP contribution in [-0.4, -0.2) is 11.1 Å². The molecular formula is C12H22O2. The second-order valence-corrected chi connectivity index (χ2v) is 4.71. The van der Waals surface area contributed by atoms with E-state index in [0.29, 0.717) is 5.92 Å². The fourth-order valence-electron chi connectivity index (χ4n) is 2.15. The average molecular weight is 198 g/mol. The molecule has 1 rings (SSSR count). The molecular weight excluding hydrogens is 176 g/mol. The van der Waals surface area contributed by atoms with Crippen LogP contribution >= 0.6 is 0 Å². The smallest absolute Gasteiger partial charge is 0.309 e. The van der Waals surface area contributed by atoms with Gasteiger partial charge in [-0.25, -0.2) is 0 Å². The lowest BCUT2D eigenvalue weighted by atomic mass is 9.87. The molecule has 0 saturated heterocycles. The van der Waals surface area contributed by atoms with Crippen molar-refractivity contribution in [2.24, 2.45) is 11.3 Å². The molecule has 82 valence electrons. The topological polar surface area (TPSA) is 37.3 Å². The predicted octanol–water partition coefficient (Wildman–Crippen LogP) is 3.46. The molecule has 1 saturated carbocycles. The molecule has 1 aliphatic rings. The molecule has 1 atom stereocenters. The highest BCUT2D eigenvalue weighted by atomic mass is 16.4. The van der Waals surface area contributed by atoms with E-state index < -0.39 is 5.97 Å². The Morgan fingerprint density at radius 3 is 2.43 bits per heavy atom. The van der Waals surface area contributed by atoms with Gasteiger partial charge in [-0.1, -0.05) is 39.5 Å². The molecule has 2 nitrogen and oxygen atoms in total. The maximum absolute atomic E-state index is 11.0. The molecule has 0 aliphatic heterocycles. The number of unbranched alkanes of at least 4 members (excludes halogenated alkanes) is 1. The second kappa shape index (κ2) is 4.81. The number of carboxylic acids is 1. The number of aliphatic carboxylic acids is 1. The zero-order valence-corrected chi connectivity index (χ0v) is 9.38. The summed E-state index contributed by atoms with van der Waals surface area (Å²) in [7, 11) is 0. The molecule has 0 heterocycles. The van der Waals surface area contributed by atoms with Crippen LogP contribution in [0.4, 0.5) is 0 Å². The molecule has 2 heteroatoms. The summed E-state index contributed by atoms with van der Waals surface area (Å²) in [6, 6.07) is 0. The van der Waals surface area contributed by atoms with Gasteiger partial charge in [-0.2, -0.15) is 0 Å². The van der Waals surface area contributed by atoms with Crippen molar-refractivity contribution in [3.63, 3.8) is 0 Å². The third kappa shape index (κ3) is 2.73. The van der Waals surface area contributed by atoms with E-state index in [4.69, 9.17) is 5.11 Å². The lowest BCUT2D eigenvalue weighted by molar-refractivity contribution is -0.144. The first kappa shape index (κ1) is 11.5. The van der Waals surface area contributed by atoms with E-state index >= 15 is 0 Å². The van der Waals surface area contributed by atoms with Crippen molar-refractivity contribution in [2.45, 2.75) is 58.8 Å². The summed E-state index contributed by atoms with van der Waals surface area (Å²) in [5.41, 5.74) is -0.311. The Labute approximate surface area is 86.7 Å². The first-order valence-corrected chi connectivity index (χ1v) is 5.88. The van der Waals surface area contributed by atoms with Crippen LogP contribution < -0.4 is 0 Å². The molecule has 0 bridgehead atoms. The van der Waals surface area contributed by atoms with Gasteiger partial charge < -0.3 is 5.11 Å². The van der Waals surface area contributed by atoms with Gasteiger partial charge in [0.25, 0.3) is 0 Å². The highest BCUT2D eigenvalue weighted by molar-refractivity contribution is 5.77. The predicted molar refractivity (Wildman–Crippen MR) is 57.2 cm³/mol. The monoisotopic (exact) mass is 198 g/mol. The van der Waals surface area contributed by atoms with Crippen molar-refractivity contribution in [1.29, 1.82) is 0 Å². The van der Waals surface area contributed by atoms with Crippen molar-refractivity contribution in [1.82, 2.24) is 0 Å². The minimum absolute atomic E-state index is 0.311. The van der Waals surface area contributed by atoms with E-state index in [0.717, 1.165) is 25.7 Å². The van der Waals surface area contributed by atoms with Crippen LogP contribution in [0.5, 0.6) is 0 Å². The van der Waals surface area contributed by atoms with Gasteiger partial charge >= 0.3 is 5.97 Å². The largest absolute Gasteiger partial charge is 0.481 e. The van der Waals surface area contributed by atoms with E-state index in [-0.39, 0.29) is 5.41 Å². The molecule has 1 unspecified atom stereocenters. The van der Waals surface area contributed by atoms with E-state index in [9.17, 15) is 4.79 Å². The van der Waals surface area contributed by atoms with Crippen LogP contribution in [0.2, 0.25) is 0 Å². The lowest BCUT2D eigenvalue weighted by Crippen LogP contribution is -2.19. The highest BCUT2D eigenvalue weighted by Gasteiger charge is 2.50. The Morgan fingerprint density at radius 1 is 1.43 bits per heavy atom. The van der Waals surface area contributed by atoms with E-state index in [1.54, 1.807) is 0 Å². The average Bonchev–Trinajstić information content (AvgIpc) is 2.93. The van der Waals surface area contributed by atoms with Gasteiger partial charge in [0.15, 0.2) is 0 Å². The zero-order chi connectivity index (χ0) is 10.6. The summed E-state index contributed by atoms with van der Waals surface area (Å²) in [6.45, 7) is 4.37. The summed E-state index contributed by atoms with van der Waals surface area (Å²) < 4.78 is 0. The summed E-state index contributed by atoms with van der Waals surface area (Å²) in [6.07, 6.45) is 7.54. The Hall–Kier alpha value is -0.530. The molecule has 0 aromatic rings. The summed E-state index contributed by atoms with van der Waals surface area (Å²) >= 11 is 0. The summed E-state index contributed by atoms with van der Waals surface area (Å²) in [5.74, 6) is 0.0704. The third-order valence-electron chi connectivity index (χ3n) is 3.53. The van der Waals surface area contributed by atoms with E-state index in [2.05, 4.69) is 13.8 Å². The number of hydrogen-bond acceptors (Lipinski definition) is 1. The SMILES string of the molecule is CCCCC(CC)CC1(C(=O)O)CC1. The van der Waals surface area contributed by atoms with Gasteiger partial charge in [0.05, 0.1) is 5.41 Å². The van der Waals surface area contributed by atoms with Crippen molar-refractivity contribution in [3.05, 3.63) is 0 Å². The highest BCUT2D eigenvalue weighted by Crippen LogP contribution is 2.51. The fraction of sp³-hybridized carbons (Fsp3) is 0.917. The standard InChI is InChI=1S/C12H22O2/c1-3-5-6-10(4-2)9-12(7-8-12)11(13)14/h10H,3-9H2,1-2H3,(H,13,14). The van der Waals surface area contributed by atoms with Crippen LogP contribution in [0.3, 0.4) is 0 Å². The normalized spacial score (nSPS) is 20.4. The van der Waals surface area contributed by atoms with Crippen LogP contribution in [0.1, 0.15) is 58.8 Å². The maximum atomic E-state index is 11.0. The molecule has 1 aliphatic carbocycles. The molecule has 14 heavy (non-hydrogen) atoms. The molecule has 0 aromatic heterocycles. The van der Waals surface area contributed by atoms with Crippen molar-refractivity contribution < 1.29 is 9.90 Å². The number of carbonyl (C=O) groups is 1. The maximum Gasteiger partial charge on any atom is 0.309 e. The summed E-state index contributed by atoms with van der Waals surface area (Å²) in [5, 5.41) is 9.07. The van der Waals surface area contributed by atoms with Gasteiger partial charge in [0.2, 0.25) is 0 Å². The first-order valence-electron chi connectivity index (χ1n) is 5.88. The third-order valence-corrected chi connectivity index (χ3v) is 3.53. The van der Waals surface area contributed by atoms with Crippen molar-refractivity contribution in [2.75, 3.05) is 0 Å². The van der Waals surface area contributed by atoms with Crippen LogP contribution in [-0.2, 0) is 4.79 Å². The van der Waals surface area contributed by atoms with Crippen molar-refractivity contribution in [3.8, 4) is 0 Å². The number of rotatable bonds is 7. The number of hydrogen-bond donors (Lipinski definition) is 1. The second-order valence-electron chi connectivity index (χ2n) is 4.71. The quantitative estimate of drug-likeness (QED) is 0.680. The Kier molecular flexibility index (Phi) is 3.97. The molecule has 1 N–H and O–H groups in total. The van der Waals surface area contributed by atoms with Gasteiger partial charge in [-0.05, 0) is 25.2 Å². The Bertz CT molecular complexity index is 194. The van der Waals surface area contributed by atoms with Crippen molar-refractivity contribution >= 4 is 5.97 Å². The summed E-state index contributed by atoms with van der Waals surface area (Å²) in [4.78, 5) is 11.0. The van der Waals surface area contributed by atoms with Gasteiger partial charge in [-0.3, -0.25) is 4.79 Å². The fourth-order valence-corrected chi connectivity index (χ4v) is 2.15. The number of carboxylic acid groups (broad SMARTS) is 1. The first-order chi connectivity index (χ1) is 6.64. The van der Waals surface area contributed by atoms with Crippen LogP contribution in [0.25, 0.3) is 0 Å². The Balaban J connectivity index is 2.36. The lowest BCUT2D eigenvalue weighted by Gasteiger charge is -2.18. The molecule has 0 spiro atoms. The molecule has 0 aromatic carbocycles. The van der Waals surface area contributed by atoms with E-state index in [1.807, 2.05) is 0 Å². The van der Waals surface area contributed by atoms with E-state index in [1.165, 1.54) is 19.3 Å². The zero-order valence-electron chi connectivity index (χ0n) is 9.38. The van der Waals surface area contributed by atoms with Crippen LogP contribution in [0, 0.1) is 11.3 Å². The van der Waals surface area contributed by atoms with Gasteiger partial charge in [0.1, 0.15) is 0 Å². The van der Waals surface area contributed by atoms with Gasteiger partial charge in [0, 0.05) is 0 Å². The van der Waals surface area contributed by atoms with Gasteiger partial charge in [-0.15, -0.1) is 0 Å². The minimum Gasteiger partial charge on any atom is -0.481 e. The molecule has 0 radical (unpaired) electrons.